The predicted octanol–water partition coefficient (Wildman–Crippen LogP) is 11.5. The maximum atomic E-state index is 9.17. The van der Waals surface area contributed by atoms with E-state index in [1.807, 2.05) is 78.9 Å². The van der Waals surface area contributed by atoms with Crippen LogP contribution < -0.4 is 0 Å². The Bertz CT molecular complexity index is 3370. The lowest BCUT2D eigenvalue weighted by Gasteiger charge is -2.13. The maximum Gasteiger partial charge on any atom is 0.164 e. The number of benzene rings is 7. The molecule has 10 rings (SSSR count). The van der Waals surface area contributed by atoms with Gasteiger partial charge in [0.05, 0.1) is 23.4 Å². The Labute approximate surface area is 300 Å². The van der Waals surface area contributed by atoms with Crippen LogP contribution in [0.4, 0.5) is 0 Å². The van der Waals surface area contributed by atoms with Crippen molar-refractivity contribution in [2.75, 3.05) is 0 Å². The van der Waals surface area contributed by atoms with Crippen LogP contribution in [0.2, 0.25) is 0 Å². The molecule has 0 aliphatic rings. The number of hydrogen-bond donors (Lipinski definition) is 0. The second-order valence-electron chi connectivity index (χ2n) is 11.8. The molecule has 0 spiro atoms. The standard InChI is InChI=1S/C45H28N4O/c1-3-14-29(15-4-1)33-22-12-23-35-34-20-7-9-25-38(34)49(42(33)35)32-19-11-18-31(28-32)44-46-43(30-16-5-2-6-17-30)47-45(48-44)37-24-13-27-40-41(37)36-21-8-10-26-39(36)50-40/h1-28H/i1D,3D,4D,7D,9D,14D,15D,20D,25D. The van der Waals surface area contributed by atoms with Gasteiger partial charge in [0.1, 0.15) is 11.2 Å². The summed E-state index contributed by atoms with van der Waals surface area (Å²) < 4.78 is 86.2. The van der Waals surface area contributed by atoms with E-state index >= 15 is 0 Å². The summed E-state index contributed by atoms with van der Waals surface area (Å²) in [5.74, 6) is 1.16. The first-order valence-corrected chi connectivity index (χ1v) is 16.0. The molecule has 0 aliphatic heterocycles. The van der Waals surface area contributed by atoms with Gasteiger partial charge >= 0.3 is 0 Å². The molecule has 0 aliphatic carbocycles. The molecule has 7 aromatic carbocycles. The minimum absolute atomic E-state index is 0.0624. The van der Waals surface area contributed by atoms with Crippen LogP contribution in [-0.4, -0.2) is 19.5 Å². The van der Waals surface area contributed by atoms with Gasteiger partial charge in [-0.3, -0.25) is 0 Å². The Hall–Kier alpha value is -6.85. The third-order valence-electron chi connectivity index (χ3n) is 8.86. The van der Waals surface area contributed by atoms with E-state index in [-0.39, 0.29) is 34.1 Å². The zero-order chi connectivity index (χ0) is 40.9. The van der Waals surface area contributed by atoms with E-state index < -0.39 is 42.3 Å². The summed E-state index contributed by atoms with van der Waals surface area (Å²) in [5.41, 5.74) is 4.62. The number of nitrogens with zero attached hydrogens (tertiary/aromatic N) is 4. The Morgan fingerprint density at radius 2 is 1.14 bits per heavy atom. The van der Waals surface area contributed by atoms with Crippen molar-refractivity contribution < 1.29 is 16.8 Å². The molecule has 3 heterocycles. The van der Waals surface area contributed by atoms with Crippen LogP contribution in [0.15, 0.2) is 174 Å². The largest absolute Gasteiger partial charge is 0.456 e. The SMILES string of the molecule is [2H]c1c([2H])c([2H])c(-c2cccc3c4c([2H])c([2H])c([2H])c([2H])c4n(-c4cccc(-c5nc(-c6ccccc6)nc(-c6cccc7oc8ccccc8c67)n5)c4)c23)c([2H])c1[2H]. The van der Waals surface area contributed by atoms with Gasteiger partial charge in [0.2, 0.25) is 0 Å². The summed E-state index contributed by atoms with van der Waals surface area (Å²) >= 11 is 0. The Morgan fingerprint density at radius 1 is 0.480 bits per heavy atom. The van der Waals surface area contributed by atoms with Gasteiger partial charge in [-0.1, -0.05) is 139 Å². The van der Waals surface area contributed by atoms with Crippen molar-refractivity contribution in [2.24, 2.45) is 0 Å². The minimum atomic E-state index is -0.535. The Kier molecular flexibility index (Phi) is 4.67. The minimum Gasteiger partial charge on any atom is -0.456 e. The molecule has 5 nitrogen and oxygen atoms in total. The van der Waals surface area contributed by atoms with Crippen molar-refractivity contribution in [3.05, 3.63) is 170 Å². The molecular weight excluding hydrogens is 613 g/mol. The average Bonchev–Trinajstić information content (AvgIpc) is 3.83. The summed E-state index contributed by atoms with van der Waals surface area (Å²) in [5, 5.41) is 2.40. The van der Waals surface area contributed by atoms with Crippen LogP contribution in [0.25, 0.3) is 94.7 Å². The lowest BCUT2D eigenvalue weighted by molar-refractivity contribution is 0.669. The summed E-state index contributed by atoms with van der Waals surface area (Å²) in [4.78, 5) is 15.0. The fourth-order valence-corrected chi connectivity index (χ4v) is 6.70. The van der Waals surface area contributed by atoms with Crippen LogP contribution >= 0.6 is 0 Å². The molecule has 0 saturated heterocycles. The highest BCUT2D eigenvalue weighted by Gasteiger charge is 2.20. The number of hydrogen-bond acceptors (Lipinski definition) is 4. The fourth-order valence-electron chi connectivity index (χ4n) is 6.70. The second-order valence-corrected chi connectivity index (χ2v) is 11.8. The van der Waals surface area contributed by atoms with E-state index in [1.54, 1.807) is 41.0 Å². The summed E-state index contributed by atoms with van der Waals surface area (Å²) in [6.45, 7) is 0. The molecule has 0 bridgehead atoms. The van der Waals surface area contributed by atoms with Crippen LogP contribution in [0.3, 0.4) is 0 Å². The van der Waals surface area contributed by atoms with Crippen LogP contribution in [0.1, 0.15) is 12.3 Å². The number of furan rings is 1. The smallest absolute Gasteiger partial charge is 0.164 e. The Morgan fingerprint density at radius 3 is 2.04 bits per heavy atom. The molecule has 50 heavy (non-hydrogen) atoms. The van der Waals surface area contributed by atoms with Crippen molar-refractivity contribution in [1.29, 1.82) is 0 Å². The van der Waals surface area contributed by atoms with E-state index in [2.05, 4.69) is 0 Å². The zero-order valence-corrected chi connectivity index (χ0v) is 26.2. The first-order valence-electron chi connectivity index (χ1n) is 20.5. The van der Waals surface area contributed by atoms with E-state index in [0.29, 0.717) is 45.2 Å². The van der Waals surface area contributed by atoms with E-state index in [0.717, 1.165) is 27.5 Å². The van der Waals surface area contributed by atoms with E-state index in [4.69, 9.17) is 31.7 Å². The third-order valence-corrected chi connectivity index (χ3v) is 8.86. The fraction of sp³-hybridized carbons (Fsp3) is 0. The summed E-state index contributed by atoms with van der Waals surface area (Å²) in [6, 6.07) is 31.5. The number of aromatic nitrogens is 4. The van der Waals surface area contributed by atoms with Crippen molar-refractivity contribution in [3.8, 4) is 51.0 Å². The number of para-hydroxylation sites is 3. The van der Waals surface area contributed by atoms with Gasteiger partial charge in [-0.2, -0.15) is 0 Å². The number of rotatable bonds is 5. The highest BCUT2D eigenvalue weighted by atomic mass is 16.3. The molecule has 0 N–H and O–H groups in total. The molecule has 3 aromatic heterocycles. The molecule has 10 aromatic rings. The molecule has 234 valence electrons. The highest BCUT2D eigenvalue weighted by molar-refractivity contribution is 6.14. The van der Waals surface area contributed by atoms with Crippen molar-refractivity contribution in [3.63, 3.8) is 0 Å². The molecule has 0 amide bonds. The van der Waals surface area contributed by atoms with Gasteiger partial charge in [-0.15, -0.1) is 0 Å². The average molecular weight is 650 g/mol. The highest BCUT2D eigenvalue weighted by Crippen LogP contribution is 2.39. The molecular formula is C45H28N4O. The van der Waals surface area contributed by atoms with Gasteiger partial charge in [-0.05, 0) is 35.9 Å². The maximum absolute atomic E-state index is 9.17. The summed E-state index contributed by atoms with van der Waals surface area (Å²) in [7, 11) is 0. The molecule has 0 saturated carbocycles. The molecule has 0 unspecified atom stereocenters. The van der Waals surface area contributed by atoms with Gasteiger partial charge in [-0.25, -0.2) is 15.0 Å². The zero-order valence-electron chi connectivity index (χ0n) is 35.2. The Balaban J connectivity index is 1.27. The van der Waals surface area contributed by atoms with Gasteiger partial charge in [0.15, 0.2) is 17.5 Å². The first kappa shape index (κ1) is 20.5. The van der Waals surface area contributed by atoms with E-state index in [1.165, 1.54) is 0 Å². The van der Waals surface area contributed by atoms with Crippen LogP contribution in [0, 0.1) is 0 Å². The van der Waals surface area contributed by atoms with Crippen LogP contribution in [0.5, 0.6) is 0 Å². The van der Waals surface area contributed by atoms with Crippen molar-refractivity contribution in [1.82, 2.24) is 19.5 Å². The molecule has 0 radical (unpaired) electrons. The van der Waals surface area contributed by atoms with Crippen molar-refractivity contribution >= 4 is 43.7 Å². The normalized spacial score (nSPS) is 14.1. The topological polar surface area (TPSA) is 56.7 Å². The predicted molar refractivity (Wildman–Crippen MR) is 203 cm³/mol. The molecule has 5 heteroatoms. The van der Waals surface area contributed by atoms with Gasteiger partial charge < -0.3 is 8.98 Å². The monoisotopic (exact) mass is 649 g/mol. The van der Waals surface area contributed by atoms with Gasteiger partial charge in [0.25, 0.3) is 0 Å². The van der Waals surface area contributed by atoms with Crippen LogP contribution in [-0.2, 0) is 0 Å². The molecule has 0 atom stereocenters. The summed E-state index contributed by atoms with van der Waals surface area (Å²) in [6.07, 6.45) is 0. The molecule has 0 fully saturated rings. The van der Waals surface area contributed by atoms with Crippen molar-refractivity contribution in [2.45, 2.75) is 0 Å². The quantitative estimate of drug-likeness (QED) is 0.186. The first-order chi connectivity index (χ1) is 28.5. The lowest BCUT2D eigenvalue weighted by Crippen LogP contribution is -2.01. The lowest BCUT2D eigenvalue weighted by atomic mass is 10.0. The number of fused-ring (bicyclic) bond motifs is 6. The van der Waals surface area contributed by atoms with E-state index in [9.17, 15) is 0 Å². The third kappa shape index (κ3) is 4.52. The second kappa shape index (κ2) is 11.4. The van der Waals surface area contributed by atoms with Gasteiger partial charge in [0, 0.05) is 49.5 Å².